The molecule has 4 heteroatoms. The molecule has 3 nitrogen and oxygen atoms in total. The number of amides is 1. The first-order valence-corrected chi connectivity index (χ1v) is 7.65. The van der Waals surface area contributed by atoms with Crippen molar-refractivity contribution in [3.63, 3.8) is 0 Å². The van der Waals surface area contributed by atoms with Crippen LogP contribution < -0.4 is 10.1 Å². The first-order valence-electron chi connectivity index (χ1n) is 6.86. The second-order valence-corrected chi connectivity index (χ2v) is 6.11. The molecule has 1 saturated carbocycles. The summed E-state index contributed by atoms with van der Waals surface area (Å²) in [5, 5.41) is 3.16. The summed E-state index contributed by atoms with van der Waals surface area (Å²) in [4.78, 5) is 12.5. The number of rotatable bonds is 4. The average molecular weight is 346 g/mol. The van der Waals surface area contributed by atoms with Gasteiger partial charge in [0.15, 0.2) is 0 Å². The van der Waals surface area contributed by atoms with Crippen molar-refractivity contribution >= 4 is 21.8 Å². The molecule has 0 atom stereocenters. The van der Waals surface area contributed by atoms with E-state index in [0.29, 0.717) is 5.56 Å². The Morgan fingerprint density at radius 3 is 2.48 bits per heavy atom. The van der Waals surface area contributed by atoms with Crippen LogP contribution in [-0.2, 0) is 5.54 Å². The second kappa shape index (κ2) is 5.53. The van der Waals surface area contributed by atoms with Crippen molar-refractivity contribution in [3.05, 3.63) is 64.1 Å². The maximum Gasteiger partial charge on any atom is 0.252 e. The number of carbonyl (C=O) groups is 1. The molecule has 0 saturated heterocycles. The van der Waals surface area contributed by atoms with Crippen molar-refractivity contribution in [2.24, 2.45) is 0 Å². The van der Waals surface area contributed by atoms with Crippen molar-refractivity contribution in [1.29, 1.82) is 0 Å². The predicted octanol–water partition coefficient (Wildman–Crippen LogP) is 3.88. The van der Waals surface area contributed by atoms with Gasteiger partial charge in [-0.3, -0.25) is 4.79 Å². The number of methoxy groups -OCH3 is 1. The van der Waals surface area contributed by atoms with Gasteiger partial charge in [-0.15, -0.1) is 0 Å². The van der Waals surface area contributed by atoms with Crippen LogP contribution in [-0.4, -0.2) is 13.0 Å². The molecular weight excluding hydrogens is 330 g/mol. The van der Waals surface area contributed by atoms with Gasteiger partial charge in [0.1, 0.15) is 5.75 Å². The minimum atomic E-state index is -0.190. The molecule has 0 aliphatic heterocycles. The van der Waals surface area contributed by atoms with E-state index >= 15 is 0 Å². The summed E-state index contributed by atoms with van der Waals surface area (Å²) in [6, 6.07) is 15.5. The fraction of sp³-hybridized carbons (Fsp3) is 0.235. The Morgan fingerprint density at radius 1 is 1.19 bits per heavy atom. The normalized spacial score (nSPS) is 15.3. The van der Waals surface area contributed by atoms with E-state index in [1.807, 2.05) is 18.2 Å². The maximum atomic E-state index is 12.5. The quantitative estimate of drug-likeness (QED) is 0.913. The Balaban J connectivity index is 1.79. The molecule has 1 amide bonds. The van der Waals surface area contributed by atoms with Crippen LogP contribution in [0.1, 0.15) is 28.8 Å². The lowest BCUT2D eigenvalue weighted by Gasteiger charge is -2.18. The highest BCUT2D eigenvalue weighted by atomic mass is 79.9. The predicted molar refractivity (Wildman–Crippen MR) is 85.5 cm³/mol. The summed E-state index contributed by atoms with van der Waals surface area (Å²) < 4.78 is 5.96. The molecule has 0 radical (unpaired) electrons. The van der Waals surface area contributed by atoms with Crippen LogP contribution in [0.2, 0.25) is 0 Å². The highest BCUT2D eigenvalue weighted by molar-refractivity contribution is 9.10. The van der Waals surface area contributed by atoms with Crippen LogP contribution in [0.15, 0.2) is 53.0 Å². The number of hydrogen-bond donors (Lipinski definition) is 1. The van der Waals surface area contributed by atoms with E-state index in [0.717, 1.165) is 23.1 Å². The zero-order chi connectivity index (χ0) is 14.9. The minimum Gasteiger partial charge on any atom is -0.496 e. The molecule has 108 valence electrons. The summed E-state index contributed by atoms with van der Waals surface area (Å²) in [5.74, 6) is 0.662. The van der Waals surface area contributed by atoms with Crippen LogP contribution in [0, 0.1) is 0 Å². The lowest BCUT2D eigenvalue weighted by Crippen LogP contribution is -2.34. The lowest BCUT2D eigenvalue weighted by atomic mass is 10.0. The van der Waals surface area contributed by atoms with E-state index in [2.05, 4.69) is 33.4 Å². The topological polar surface area (TPSA) is 38.3 Å². The number of carbonyl (C=O) groups excluding carboxylic acids is 1. The zero-order valence-electron chi connectivity index (χ0n) is 11.7. The van der Waals surface area contributed by atoms with E-state index < -0.39 is 0 Å². The molecule has 1 fully saturated rings. The van der Waals surface area contributed by atoms with Gasteiger partial charge in [-0.05, 0) is 52.5 Å². The third-order valence-corrected chi connectivity index (χ3v) is 4.46. The maximum absolute atomic E-state index is 12.5. The van der Waals surface area contributed by atoms with Gasteiger partial charge in [0.25, 0.3) is 5.91 Å². The summed E-state index contributed by atoms with van der Waals surface area (Å²) in [5.41, 5.74) is 1.61. The van der Waals surface area contributed by atoms with Gasteiger partial charge in [-0.25, -0.2) is 0 Å². The highest BCUT2D eigenvalue weighted by Crippen LogP contribution is 2.45. The number of hydrogen-bond acceptors (Lipinski definition) is 2. The number of ether oxygens (including phenoxy) is 1. The molecule has 21 heavy (non-hydrogen) atoms. The Bertz CT molecular complexity index is 666. The smallest absolute Gasteiger partial charge is 0.252 e. The summed E-state index contributed by atoms with van der Waals surface area (Å²) in [6.45, 7) is 0. The van der Waals surface area contributed by atoms with Gasteiger partial charge in [0, 0.05) is 5.56 Å². The molecule has 2 aromatic rings. The Hall–Kier alpha value is -1.81. The molecule has 0 spiro atoms. The van der Waals surface area contributed by atoms with Crippen LogP contribution in [0.25, 0.3) is 0 Å². The van der Waals surface area contributed by atoms with Crippen LogP contribution >= 0.6 is 15.9 Å². The molecule has 0 aromatic heterocycles. The average Bonchev–Trinajstić information content (AvgIpc) is 3.29. The molecule has 0 unspecified atom stereocenters. The van der Waals surface area contributed by atoms with Gasteiger partial charge >= 0.3 is 0 Å². The van der Waals surface area contributed by atoms with E-state index in [4.69, 9.17) is 4.74 Å². The number of nitrogens with one attached hydrogen (secondary N) is 1. The third-order valence-electron chi connectivity index (χ3n) is 3.84. The number of halogens is 1. The molecule has 0 heterocycles. The van der Waals surface area contributed by atoms with Crippen molar-refractivity contribution in [3.8, 4) is 5.75 Å². The van der Waals surface area contributed by atoms with E-state index in [1.54, 1.807) is 25.3 Å². The Morgan fingerprint density at radius 2 is 1.90 bits per heavy atom. The lowest BCUT2D eigenvalue weighted by molar-refractivity contribution is 0.0930. The molecule has 3 rings (SSSR count). The minimum absolute atomic E-state index is 0.0558. The highest BCUT2D eigenvalue weighted by Gasteiger charge is 2.45. The van der Waals surface area contributed by atoms with Crippen LogP contribution in [0.3, 0.4) is 0 Å². The second-order valence-electron chi connectivity index (χ2n) is 5.25. The van der Waals surface area contributed by atoms with Crippen molar-refractivity contribution in [1.82, 2.24) is 5.32 Å². The third kappa shape index (κ3) is 2.81. The summed E-state index contributed by atoms with van der Waals surface area (Å²) in [7, 11) is 1.61. The van der Waals surface area contributed by atoms with Gasteiger partial charge in [0.2, 0.25) is 0 Å². The van der Waals surface area contributed by atoms with Crippen molar-refractivity contribution < 1.29 is 9.53 Å². The molecule has 2 aromatic carbocycles. The molecule has 1 aliphatic rings. The summed E-state index contributed by atoms with van der Waals surface area (Å²) in [6.07, 6.45) is 1.97. The van der Waals surface area contributed by atoms with Crippen molar-refractivity contribution in [2.75, 3.05) is 7.11 Å². The first-order chi connectivity index (χ1) is 10.1. The Kier molecular flexibility index (Phi) is 3.72. The fourth-order valence-corrected chi connectivity index (χ4v) is 3.01. The molecule has 1 aliphatic carbocycles. The van der Waals surface area contributed by atoms with Gasteiger partial charge in [-0.1, -0.05) is 30.3 Å². The van der Waals surface area contributed by atoms with Crippen LogP contribution in [0.5, 0.6) is 5.75 Å². The van der Waals surface area contributed by atoms with Gasteiger partial charge in [0.05, 0.1) is 17.1 Å². The van der Waals surface area contributed by atoms with Gasteiger partial charge in [-0.2, -0.15) is 0 Å². The van der Waals surface area contributed by atoms with Crippen molar-refractivity contribution in [2.45, 2.75) is 18.4 Å². The van der Waals surface area contributed by atoms with E-state index in [9.17, 15) is 4.79 Å². The molecule has 0 bridgehead atoms. The molecule has 1 N–H and O–H groups in total. The first kappa shape index (κ1) is 14.1. The van der Waals surface area contributed by atoms with Gasteiger partial charge < -0.3 is 10.1 Å². The number of benzene rings is 2. The van der Waals surface area contributed by atoms with E-state index in [1.165, 1.54) is 5.56 Å². The van der Waals surface area contributed by atoms with Crippen LogP contribution in [0.4, 0.5) is 0 Å². The monoisotopic (exact) mass is 345 g/mol. The van der Waals surface area contributed by atoms with E-state index in [-0.39, 0.29) is 11.4 Å². The Labute approximate surface area is 132 Å². The zero-order valence-corrected chi connectivity index (χ0v) is 13.3. The standard InChI is InChI=1S/C17H16BrNO2/c1-21-15-8-7-12(11-14(15)18)16(20)19-17(9-10-17)13-5-3-2-4-6-13/h2-8,11H,9-10H2,1H3,(H,19,20). The SMILES string of the molecule is COc1ccc(C(=O)NC2(c3ccccc3)CC2)cc1Br. The largest absolute Gasteiger partial charge is 0.496 e. The fourth-order valence-electron chi connectivity index (χ4n) is 2.47. The summed E-state index contributed by atoms with van der Waals surface area (Å²) >= 11 is 3.41. The molecular formula is C17H16BrNO2.